The van der Waals surface area contributed by atoms with Crippen LogP contribution in [0.3, 0.4) is 0 Å². The molecule has 0 bridgehead atoms. The molecule has 1 aliphatic rings. The highest BCUT2D eigenvalue weighted by Crippen LogP contribution is 2.14. The van der Waals surface area contributed by atoms with Crippen LogP contribution in [0.4, 0.5) is 0 Å². The Labute approximate surface area is 108 Å². The fourth-order valence-corrected chi connectivity index (χ4v) is 2.86. The van der Waals surface area contributed by atoms with E-state index in [1.54, 1.807) is 24.3 Å². The summed E-state index contributed by atoms with van der Waals surface area (Å²) in [5.41, 5.74) is 2.32. The molecule has 1 N–H and O–H groups in total. The first-order valence-corrected chi connectivity index (χ1v) is 7.47. The van der Waals surface area contributed by atoms with Gasteiger partial charge in [0.15, 0.2) is 0 Å². The van der Waals surface area contributed by atoms with Gasteiger partial charge in [0.1, 0.15) is 0 Å². The van der Waals surface area contributed by atoms with E-state index < -0.39 is 10.0 Å². The SMILES string of the molecule is Cc1ccc(S(=O)(=O)NCCC2=CC=CC2)cc1. The number of aryl methyl sites for hydroxylation is 1. The molecule has 2 rings (SSSR count). The Morgan fingerprint density at radius 3 is 2.56 bits per heavy atom. The van der Waals surface area contributed by atoms with E-state index in [4.69, 9.17) is 0 Å². The van der Waals surface area contributed by atoms with Crippen LogP contribution < -0.4 is 4.72 Å². The van der Waals surface area contributed by atoms with Gasteiger partial charge in [-0.3, -0.25) is 0 Å². The van der Waals surface area contributed by atoms with E-state index in [2.05, 4.69) is 10.8 Å². The lowest BCUT2D eigenvalue weighted by Gasteiger charge is -2.07. The Balaban J connectivity index is 1.93. The standard InChI is InChI=1S/C14H17NO2S/c1-12-6-8-14(9-7-12)18(16,17)15-11-10-13-4-2-3-5-13/h2-4,6-9,15H,5,10-11H2,1H3. The largest absolute Gasteiger partial charge is 0.240 e. The Hall–Kier alpha value is -1.39. The molecule has 1 aliphatic carbocycles. The van der Waals surface area contributed by atoms with Crippen LogP contribution in [0.15, 0.2) is 53.0 Å². The molecule has 0 saturated carbocycles. The molecular formula is C14H17NO2S. The minimum Gasteiger partial charge on any atom is -0.211 e. The second-order valence-corrected chi connectivity index (χ2v) is 6.18. The molecule has 0 aromatic heterocycles. The van der Waals surface area contributed by atoms with Gasteiger partial charge in [-0.1, -0.05) is 41.5 Å². The van der Waals surface area contributed by atoms with Crippen LogP contribution >= 0.6 is 0 Å². The van der Waals surface area contributed by atoms with E-state index in [0.717, 1.165) is 18.4 Å². The molecule has 0 saturated heterocycles. The monoisotopic (exact) mass is 263 g/mol. The van der Waals surface area contributed by atoms with Gasteiger partial charge in [0.05, 0.1) is 4.90 Å². The fraction of sp³-hybridized carbons (Fsp3) is 0.286. The second kappa shape index (κ2) is 5.50. The van der Waals surface area contributed by atoms with Crippen LogP contribution in [0.1, 0.15) is 18.4 Å². The molecule has 4 heteroatoms. The lowest BCUT2D eigenvalue weighted by molar-refractivity contribution is 0.581. The van der Waals surface area contributed by atoms with Crippen molar-refractivity contribution in [2.75, 3.05) is 6.54 Å². The van der Waals surface area contributed by atoms with Gasteiger partial charge in [0.25, 0.3) is 0 Å². The third-order valence-corrected chi connectivity index (χ3v) is 4.39. The maximum atomic E-state index is 12.0. The second-order valence-electron chi connectivity index (χ2n) is 4.42. The molecule has 96 valence electrons. The number of allylic oxidation sites excluding steroid dienone is 3. The molecule has 18 heavy (non-hydrogen) atoms. The predicted molar refractivity (Wildman–Crippen MR) is 72.8 cm³/mol. The number of hydrogen-bond acceptors (Lipinski definition) is 2. The summed E-state index contributed by atoms with van der Waals surface area (Å²) in [6, 6.07) is 6.87. The minimum absolute atomic E-state index is 0.326. The van der Waals surface area contributed by atoms with E-state index >= 15 is 0 Å². The Kier molecular flexibility index (Phi) is 3.99. The first-order valence-electron chi connectivity index (χ1n) is 5.99. The molecule has 0 radical (unpaired) electrons. The molecule has 0 atom stereocenters. The van der Waals surface area contributed by atoms with Crippen LogP contribution in [0.5, 0.6) is 0 Å². The van der Waals surface area contributed by atoms with Crippen LogP contribution in [0.25, 0.3) is 0 Å². The third kappa shape index (κ3) is 3.31. The summed E-state index contributed by atoms with van der Waals surface area (Å²) in [5.74, 6) is 0. The van der Waals surface area contributed by atoms with Crippen molar-refractivity contribution in [1.29, 1.82) is 0 Å². The number of hydrogen-bond donors (Lipinski definition) is 1. The van der Waals surface area contributed by atoms with Crippen LogP contribution in [-0.4, -0.2) is 15.0 Å². The van der Waals surface area contributed by atoms with Crippen molar-refractivity contribution in [2.24, 2.45) is 0 Å². The Morgan fingerprint density at radius 2 is 1.94 bits per heavy atom. The van der Waals surface area contributed by atoms with Crippen molar-refractivity contribution < 1.29 is 8.42 Å². The first-order chi connectivity index (χ1) is 8.58. The topological polar surface area (TPSA) is 46.2 Å². The van der Waals surface area contributed by atoms with Gasteiger partial charge in [-0.25, -0.2) is 13.1 Å². The summed E-state index contributed by atoms with van der Waals surface area (Å²) >= 11 is 0. The minimum atomic E-state index is -3.37. The molecule has 0 amide bonds. The van der Waals surface area contributed by atoms with Gasteiger partial charge in [-0.05, 0) is 31.9 Å². The first kappa shape index (κ1) is 13.1. The lowest BCUT2D eigenvalue weighted by Crippen LogP contribution is -2.25. The maximum Gasteiger partial charge on any atom is 0.240 e. The smallest absolute Gasteiger partial charge is 0.211 e. The highest BCUT2D eigenvalue weighted by atomic mass is 32.2. The average Bonchev–Trinajstić information content (AvgIpc) is 2.82. The molecular weight excluding hydrogens is 246 g/mol. The van der Waals surface area contributed by atoms with Crippen molar-refractivity contribution in [3.05, 3.63) is 53.6 Å². The van der Waals surface area contributed by atoms with E-state index in [-0.39, 0.29) is 0 Å². The van der Waals surface area contributed by atoms with Gasteiger partial charge in [-0.2, -0.15) is 0 Å². The summed E-state index contributed by atoms with van der Waals surface area (Å²) in [7, 11) is -3.37. The average molecular weight is 263 g/mol. The van der Waals surface area contributed by atoms with Crippen LogP contribution in [0, 0.1) is 6.92 Å². The fourth-order valence-electron chi connectivity index (χ4n) is 1.82. The third-order valence-electron chi connectivity index (χ3n) is 2.92. The molecule has 0 spiro atoms. The van der Waals surface area contributed by atoms with E-state index in [0.29, 0.717) is 11.4 Å². The van der Waals surface area contributed by atoms with Gasteiger partial charge in [-0.15, -0.1) is 0 Å². The van der Waals surface area contributed by atoms with Crippen molar-refractivity contribution in [3.8, 4) is 0 Å². The summed E-state index contributed by atoms with van der Waals surface area (Å²) in [6.45, 7) is 2.38. The quantitative estimate of drug-likeness (QED) is 0.887. The summed E-state index contributed by atoms with van der Waals surface area (Å²) < 4.78 is 26.6. The van der Waals surface area contributed by atoms with Crippen molar-refractivity contribution in [1.82, 2.24) is 4.72 Å². The molecule has 0 unspecified atom stereocenters. The summed E-state index contributed by atoms with van der Waals surface area (Å²) in [6.07, 6.45) is 7.82. The van der Waals surface area contributed by atoms with Crippen molar-refractivity contribution >= 4 is 10.0 Å². The Bertz CT molecular complexity index is 568. The molecule has 1 aromatic carbocycles. The zero-order valence-electron chi connectivity index (χ0n) is 10.4. The summed E-state index contributed by atoms with van der Waals surface area (Å²) in [5, 5.41) is 0. The molecule has 1 aromatic rings. The Morgan fingerprint density at radius 1 is 1.22 bits per heavy atom. The van der Waals surface area contributed by atoms with Crippen LogP contribution in [-0.2, 0) is 10.0 Å². The highest BCUT2D eigenvalue weighted by molar-refractivity contribution is 7.89. The number of rotatable bonds is 5. The molecule has 0 aliphatic heterocycles. The zero-order valence-corrected chi connectivity index (χ0v) is 11.2. The van der Waals surface area contributed by atoms with Crippen molar-refractivity contribution in [3.63, 3.8) is 0 Å². The number of benzene rings is 1. The number of nitrogens with one attached hydrogen (secondary N) is 1. The zero-order chi connectivity index (χ0) is 13.0. The van der Waals surface area contributed by atoms with E-state index in [1.165, 1.54) is 5.57 Å². The van der Waals surface area contributed by atoms with Gasteiger partial charge in [0.2, 0.25) is 10.0 Å². The molecule has 0 heterocycles. The molecule has 3 nitrogen and oxygen atoms in total. The number of sulfonamides is 1. The normalized spacial score (nSPS) is 14.8. The van der Waals surface area contributed by atoms with Crippen LogP contribution in [0.2, 0.25) is 0 Å². The maximum absolute atomic E-state index is 12.0. The van der Waals surface area contributed by atoms with Gasteiger partial charge < -0.3 is 0 Å². The lowest BCUT2D eigenvalue weighted by atomic mass is 10.2. The van der Waals surface area contributed by atoms with Crippen molar-refractivity contribution in [2.45, 2.75) is 24.7 Å². The predicted octanol–water partition coefficient (Wildman–Crippen LogP) is 2.55. The van der Waals surface area contributed by atoms with E-state index in [1.807, 2.05) is 19.1 Å². The highest BCUT2D eigenvalue weighted by Gasteiger charge is 2.13. The summed E-state index contributed by atoms with van der Waals surface area (Å²) in [4.78, 5) is 0.326. The molecule has 0 fully saturated rings. The van der Waals surface area contributed by atoms with Gasteiger partial charge >= 0.3 is 0 Å². The van der Waals surface area contributed by atoms with E-state index in [9.17, 15) is 8.42 Å². The van der Waals surface area contributed by atoms with Gasteiger partial charge in [0, 0.05) is 6.54 Å².